The summed E-state index contributed by atoms with van der Waals surface area (Å²) in [5.41, 5.74) is 3.27. The van der Waals surface area contributed by atoms with Gasteiger partial charge in [0.1, 0.15) is 5.69 Å². The smallest absolute Gasteiger partial charge is 0.234 e. The van der Waals surface area contributed by atoms with Gasteiger partial charge in [-0.3, -0.25) is 9.78 Å². The molecule has 9 heteroatoms. The first kappa shape index (κ1) is 19.3. The molecule has 0 saturated carbocycles. The summed E-state index contributed by atoms with van der Waals surface area (Å²) in [6.07, 6.45) is 4.85. The molecule has 2 aromatic heterocycles. The molecule has 0 aliphatic carbocycles. The lowest BCUT2D eigenvalue weighted by atomic mass is 10.1. The largest absolute Gasteiger partial charge is 0.324 e. The lowest BCUT2D eigenvalue weighted by Gasteiger charge is -2.11. The minimum Gasteiger partial charge on any atom is -0.324 e. The van der Waals surface area contributed by atoms with Gasteiger partial charge in [-0.15, -0.1) is 10.2 Å². The van der Waals surface area contributed by atoms with Crippen molar-refractivity contribution in [3.63, 3.8) is 0 Å². The van der Waals surface area contributed by atoms with Crippen molar-refractivity contribution in [2.75, 3.05) is 11.1 Å². The lowest BCUT2D eigenvalue weighted by Crippen LogP contribution is -2.16. The van der Waals surface area contributed by atoms with Crippen LogP contribution in [-0.4, -0.2) is 36.4 Å². The predicted octanol–water partition coefficient (Wildman–Crippen LogP) is 3.76. The maximum Gasteiger partial charge on any atom is 0.234 e. The molecular formula is C18H19ClN6OS. The van der Waals surface area contributed by atoms with Crippen molar-refractivity contribution in [1.82, 2.24) is 24.7 Å². The van der Waals surface area contributed by atoms with E-state index in [-0.39, 0.29) is 11.7 Å². The molecular weight excluding hydrogens is 384 g/mol. The number of hydrogen-bond acceptors (Lipinski definition) is 6. The third kappa shape index (κ3) is 4.45. The van der Waals surface area contributed by atoms with E-state index in [4.69, 9.17) is 11.6 Å². The van der Waals surface area contributed by atoms with Gasteiger partial charge in [-0.05, 0) is 38.0 Å². The number of anilines is 1. The monoisotopic (exact) mass is 402 g/mol. The number of amides is 1. The number of thioether (sulfide) groups is 1. The van der Waals surface area contributed by atoms with E-state index >= 15 is 0 Å². The highest BCUT2D eigenvalue weighted by atomic mass is 35.5. The number of rotatable bonds is 6. The van der Waals surface area contributed by atoms with Crippen LogP contribution < -0.4 is 5.32 Å². The van der Waals surface area contributed by atoms with Gasteiger partial charge in [0.05, 0.1) is 22.7 Å². The van der Waals surface area contributed by atoms with E-state index in [0.29, 0.717) is 33.9 Å². The normalized spacial score (nSPS) is 10.8. The molecule has 0 fully saturated rings. The Kier molecular flexibility index (Phi) is 6.08. The third-order valence-corrected chi connectivity index (χ3v) is 5.12. The van der Waals surface area contributed by atoms with Crippen molar-refractivity contribution in [3.05, 3.63) is 46.9 Å². The molecule has 0 unspecified atom stereocenters. The summed E-state index contributed by atoms with van der Waals surface area (Å²) in [6, 6.07) is 3.81. The van der Waals surface area contributed by atoms with E-state index in [1.54, 1.807) is 18.6 Å². The van der Waals surface area contributed by atoms with E-state index in [9.17, 15) is 4.79 Å². The number of aromatic nitrogens is 5. The van der Waals surface area contributed by atoms with E-state index in [2.05, 4.69) is 25.5 Å². The van der Waals surface area contributed by atoms with Crippen molar-refractivity contribution >= 4 is 35.0 Å². The van der Waals surface area contributed by atoms with Crippen molar-refractivity contribution in [1.29, 1.82) is 0 Å². The van der Waals surface area contributed by atoms with Gasteiger partial charge in [0.2, 0.25) is 5.91 Å². The molecule has 0 spiro atoms. The van der Waals surface area contributed by atoms with Crippen molar-refractivity contribution < 1.29 is 4.79 Å². The zero-order chi connectivity index (χ0) is 19.4. The maximum absolute atomic E-state index is 12.4. The highest BCUT2D eigenvalue weighted by Crippen LogP contribution is 2.28. The second-order valence-electron chi connectivity index (χ2n) is 5.92. The Morgan fingerprint density at radius 1 is 1.26 bits per heavy atom. The quantitative estimate of drug-likeness (QED) is 0.632. The molecule has 0 saturated heterocycles. The summed E-state index contributed by atoms with van der Waals surface area (Å²) in [5, 5.41) is 12.5. The number of carbonyl (C=O) groups excluding carboxylic acids is 1. The number of nitrogens with one attached hydrogen (secondary N) is 1. The fraction of sp³-hybridized carbons (Fsp3) is 0.278. The summed E-state index contributed by atoms with van der Waals surface area (Å²) in [4.78, 5) is 20.7. The van der Waals surface area contributed by atoms with Gasteiger partial charge in [-0.2, -0.15) is 0 Å². The predicted molar refractivity (Wildman–Crippen MR) is 107 cm³/mol. The molecule has 0 bridgehead atoms. The van der Waals surface area contributed by atoms with E-state index in [1.165, 1.54) is 11.8 Å². The standard InChI is InChI=1S/C18H19ClN6OS/c1-4-25-17(14-9-20-5-6-21-14)23-24-18(25)27-10-15(26)22-16-12(3)7-11(2)8-13(16)19/h5-9H,4,10H2,1-3H3,(H,22,26). The van der Waals surface area contributed by atoms with Crippen molar-refractivity contribution in [2.24, 2.45) is 0 Å². The van der Waals surface area contributed by atoms with Gasteiger partial charge in [-0.25, -0.2) is 4.98 Å². The second-order valence-corrected chi connectivity index (χ2v) is 7.27. The Morgan fingerprint density at radius 2 is 2.07 bits per heavy atom. The molecule has 3 aromatic rings. The first-order valence-corrected chi connectivity index (χ1v) is 9.75. The molecule has 2 heterocycles. The average molecular weight is 403 g/mol. The lowest BCUT2D eigenvalue weighted by molar-refractivity contribution is -0.113. The SMILES string of the molecule is CCn1c(SCC(=O)Nc2c(C)cc(C)cc2Cl)nnc1-c1cnccn1. The number of halogens is 1. The minimum absolute atomic E-state index is 0.152. The Morgan fingerprint density at radius 3 is 2.74 bits per heavy atom. The second kappa shape index (κ2) is 8.49. The fourth-order valence-corrected chi connectivity index (χ4v) is 3.83. The van der Waals surface area contributed by atoms with Crippen molar-refractivity contribution in [3.8, 4) is 11.5 Å². The van der Waals surface area contributed by atoms with Gasteiger partial charge in [0, 0.05) is 18.9 Å². The summed E-state index contributed by atoms with van der Waals surface area (Å²) >= 11 is 7.57. The van der Waals surface area contributed by atoms with E-state index in [0.717, 1.165) is 11.1 Å². The van der Waals surface area contributed by atoms with Crippen LogP contribution in [0.1, 0.15) is 18.1 Å². The fourth-order valence-electron chi connectivity index (χ4n) is 2.66. The average Bonchev–Trinajstić information content (AvgIpc) is 3.06. The molecule has 0 radical (unpaired) electrons. The summed E-state index contributed by atoms with van der Waals surface area (Å²) < 4.78 is 1.91. The van der Waals surface area contributed by atoms with Gasteiger partial charge in [-0.1, -0.05) is 29.4 Å². The van der Waals surface area contributed by atoms with Crippen molar-refractivity contribution in [2.45, 2.75) is 32.5 Å². The number of nitrogens with zero attached hydrogens (tertiary/aromatic N) is 5. The molecule has 0 aliphatic heterocycles. The van der Waals surface area contributed by atoms with Crippen LogP contribution in [0.15, 0.2) is 35.9 Å². The van der Waals surface area contributed by atoms with Crippen LogP contribution in [0.4, 0.5) is 5.69 Å². The summed E-state index contributed by atoms with van der Waals surface area (Å²) in [5.74, 6) is 0.675. The van der Waals surface area contributed by atoms with Crippen LogP contribution in [-0.2, 0) is 11.3 Å². The Labute approximate surface area is 166 Å². The molecule has 0 atom stereocenters. The number of aryl methyl sites for hydroxylation is 2. The zero-order valence-electron chi connectivity index (χ0n) is 15.2. The van der Waals surface area contributed by atoms with Gasteiger partial charge in [0.15, 0.2) is 11.0 Å². The van der Waals surface area contributed by atoms with E-state index in [1.807, 2.05) is 37.5 Å². The molecule has 1 amide bonds. The first-order chi connectivity index (χ1) is 13.0. The van der Waals surface area contributed by atoms with Crippen LogP contribution in [0, 0.1) is 13.8 Å². The number of hydrogen-bond donors (Lipinski definition) is 1. The molecule has 1 aromatic carbocycles. The number of benzene rings is 1. The van der Waals surface area contributed by atoms with Crippen LogP contribution in [0.2, 0.25) is 5.02 Å². The Balaban J connectivity index is 1.70. The first-order valence-electron chi connectivity index (χ1n) is 8.38. The molecule has 3 rings (SSSR count). The molecule has 27 heavy (non-hydrogen) atoms. The van der Waals surface area contributed by atoms with Gasteiger partial charge >= 0.3 is 0 Å². The number of carbonyl (C=O) groups is 1. The highest BCUT2D eigenvalue weighted by Gasteiger charge is 2.16. The third-order valence-electron chi connectivity index (χ3n) is 3.85. The van der Waals surface area contributed by atoms with Crippen LogP contribution in [0.25, 0.3) is 11.5 Å². The molecule has 0 aliphatic rings. The molecule has 1 N–H and O–H groups in total. The minimum atomic E-state index is -0.152. The maximum atomic E-state index is 12.4. The van der Waals surface area contributed by atoms with E-state index < -0.39 is 0 Å². The summed E-state index contributed by atoms with van der Waals surface area (Å²) in [7, 11) is 0. The zero-order valence-corrected chi connectivity index (χ0v) is 16.8. The summed E-state index contributed by atoms with van der Waals surface area (Å²) in [6.45, 7) is 6.53. The Bertz CT molecular complexity index is 937. The van der Waals surface area contributed by atoms with Crippen LogP contribution in [0.5, 0.6) is 0 Å². The molecule has 7 nitrogen and oxygen atoms in total. The Hall–Kier alpha value is -2.45. The van der Waals surface area contributed by atoms with Gasteiger partial charge in [0.25, 0.3) is 0 Å². The highest BCUT2D eigenvalue weighted by molar-refractivity contribution is 7.99. The molecule has 140 valence electrons. The van der Waals surface area contributed by atoms with Gasteiger partial charge < -0.3 is 9.88 Å². The van der Waals surface area contributed by atoms with Crippen LogP contribution >= 0.6 is 23.4 Å². The topological polar surface area (TPSA) is 85.6 Å². The van der Waals surface area contributed by atoms with Crippen LogP contribution in [0.3, 0.4) is 0 Å².